The summed E-state index contributed by atoms with van der Waals surface area (Å²) in [4.78, 5) is 69.2. The molecule has 1 fully saturated rings. The molecular weight excluding hydrogens is 606 g/mol. The van der Waals surface area contributed by atoms with Crippen molar-refractivity contribution >= 4 is 35.6 Å². The zero-order valence-corrected chi connectivity index (χ0v) is 28.4. The van der Waals surface area contributed by atoms with E-state index < -0.39 is 36.4 Å². The summed E-state index contributed by atoms with van der Waals surface area (Å²) in [6, 6.07) is -1.22. The van der Waals surface area contributed by atoms with Gasteiger partial charge in [-0.1, -0.05) is 89.9 Å². The molecule has 1 saturated carbocycles. The predicted octanol–water partition coefficient (Wildman–Crippen LogP) is 5.57. The Balaban J connectivity index is 1.99. The number of carbonyl (C=O) groups excluding carboxylic acids is 3. The highest BCUT2D eigenvalue weighted by molar-refractivity contribution is 5.86. The lowest BCUT2D eigenvalue weighted by Crippen LogP contribution is -2.45. The molecule has 270 valence electrons. The largest absolute Gasteiger partial charge is 0.481 e. The smallest absolute Gasteiger partial charge is 0.326 e. The SMILES string of the molecule is O=C(O)CCCCCCCCCCCCCCCCCCC(=O)NC[C@H]1CC[C@H](C(=O)N[C@@H](CCC(=O)NCC(=O)O)C(=O)O)CC1. The number of hydrogen-bond acceptors (Lipinski definition) is 6. The Hall–Kier alpha value is -3.18. The molecular formula is C35H61N3O9. The van der Waals surface area contributed by atoms with Gasteiger partial charge in [-0.15, -0.1) is 0 Å². The number of amides is 3. The molecule has 0 aromatic heterocycles. The lowest BCUT2D eigenvalue weighted by Gasteiger charge is -2.28. The van der Waals surface area contributed by atoms with Crippen molar-refractivity contribution in [3.8, 4) is 0 Å². The normalized spacial score (nSPS) is 16.6. The van der Waals surface area contributed by atoms with Crippen LogP contribution in [-0.4, -0.2) is 70.1 Å². The van der Waals surface area contributed by atoms with Gasteiger partial charge in [0, 0.05) is 31.7 Å². The third-order valence-electron chi connectivity index (χ3n) is 9.06. The van der Waals surface area contributed by atoms with Crippen LogP contribution in [0.1, 0.15) is 154 Å². The summed E-state index contributed by atoms with van der Waals surface area (Å²) < 4.78 is 0. The van der Waals surface area contributed by atoms with Crippen LogP contribution >= 0.6 is 0 Å². The van der Waals surface area contributed by atoms with Gasteiger partial charge in [0.1, 0.15) is 12.6 Å². The van der Waals surface area contributed by atoms with Crippen LogP contribution in [0.3, 0.4) is 0 Å². The molecule has 3 amide bonds. The summed E-state index contributed by atoms with van der Waals surface area (Å²) in [7, 11) is 0. The van der Waals surface area contributed by atoms with Crippen molar-refractivity contribution in [3.05, 3.63) is 0 Å². The quantitative estimate of drug-likeness (QED) is 0.0552. The van der Waals surface area contributed by atoms with Crippen molar-refractivity contribution in [2.24, 2.45) is 11.8 Å². The van der Waals surface area contributed by atoms with Crippen molar-refractivity contribution in [2.75, 3.05) is 13.1 Å². The molecule has 0 saturated heterocycles. The molecule has 47 heavy (non-hydrogen) atoms. The summed E-state index contributed by atoms with van der Waals surface area (Å²) in [5, 5.41) is 34.4. The van der Waals surface area contributed by atoms with E-state index in [1.807, 2.05) is 0 Å². The van der Waals surface area contributed by atoms with Crippen LogP contribution in [0.2, 0.25) is 0 Å². The summed E-state index contributed by atoms with van der Waals surface area (Å²) >= 11 is 0. The van der Waals surface area contributed by atoms with Crippen molar-refractivity contribution in [3.63, 3.8) is 0 Å². The second-order valence-electron chi connectivity index (χ2n) is 13.2. The lowest BCUT2D eigenvalue weighted by atomic mass is 9.81. The second kappa shape index (κ2) is 26.8. The minimum absolute atomic E-state index is 0.0692. The zero-order valence-electron chi connectivity index (χ0n) is 28.4. The van der Waals surface area contributed by atoms with Gasteiger partial charge in [-0.05, 0) is 50.9 Å². The first-order chi connectivity index (χ1) is 22.6. The van der Waals surface area contributed by atoms with Gasteiger partial charge >= 0.3 is 17.9 Å². The molecule has 1 aliphatic rings. The molecule has 0 radical (unpaired) electrons. The highest BCUT2D eigenvalue weighted by Gasteiger charge is 2.29. The Morgan fingerprint density at radius 2 is 0.979 bits per heavy atom. The lowest BCUT2D eigenvalue weighted by molar-refractivity contribution is -0.143. The summed E-state index contributed by atoms with van der Waals surface area (Å²) in [6.45, 7) is 0.0449. The monoisotopic (exact) mass is 667 g/mol. The first-order valence-corrected chi connectivity index (χ1v) is 18.1. The molecule has 12 nitrogen and oxygen atoms in total. The van der Waals surface area contributed by atoms with E-state index in [9.17, 15) is 33.9 Å². The van der Waals surface area contributed by atoms with Crippen LogP contribution in [-0.2, 0) is 28.8 Å². The Morgan fingerprint density at radius 1 is 0.532 bits per heavy atom. The summed E-state index contributed by atoms with van der Waals surface area (Å²) in [5.74, 6) is -4.02. The van der Waals surface area contributed by atoms with E-state index in [-0.39, 0.29) is 36.5 Å². The number of nitrogens with one attached hydrogen (secondary N) is 3. The number of unbranched alkanes of at least 4 members (excludes halogenated alkanes) is 15. The van der Waals surface area contributed by atoms with E-state index in [2.05, 4.69) is 16.0 Å². The first-order valence-electron chi connectivity index (χ1n) is 18.1. The van der Waals surface area contributed by atoms with Crippen LogP contribution in [0.15, 0.2) is 0 Å². The average Bonchev–Trinajstić information content (AvgIpc) is 3.03. The van der Waals surface area contributed by atoms with Crippen LogP contribution in [0.4, 0.5) is 0 Å². The highest BCUT2D eigenvalue weighted by atomic mass is 16.4. The van der Waals surface area contributed by atoms with Gasteiger partial charge in [0.15, 0.2) is 0 Å². The molecule has 0 aliphatic heterocycles. The third-order valence-corrected chi connectivity index (χ3v) is 9.06. The van der Waals surface area contributed by atoms with Crippen molar-refractivity contribution in [2.45, 2.75) is 160 Å². The maximum absolute atomic E-state index is 12.7. The van der Waals surface area contributed by atoms with E-state index in [1.165, 1.54) is 64.2 Å². The van der Waals surface area contributed by atoms with E-state index >= 15 is 0 Å². The molecule has 1 rings (SSSR count). The maximum atomic E-state index is 12.7. The number of carboxylic acid groups (broad SMARTS) is 3. The maximum Gasteiger partial charge on any atom is 0.326 e. The van der Waals surface area contributed by atoms with Crippen LogP contribution in [0.25, 0.3) is 0 Å². The molecule has 0 aromatic rings. The second-order valence-corrected chi connectivity index (χ2v) is 13.2. The predicted molar refractivity (Wildman–Crippen MR) is 179 cm³/mol. The van der Waals surface area contributed by atoms with Crippen molar-refractivity contribution in [1.82, 2.24) is 16.0 Å². The number of hydrogen-bond donors (Lipinski definition) is 6. The van der Waals surface area contributed by atoms with Gasteiger partial charge in [-0.2, -0.15) is 0 Å². The Bertz CT molecular complexity index is 935. The van der Waals surface area contributed by atoms with E-state index in [0.717, 1.165) is 51.4 Å². The number of rotatable bonds is 29. The van der Waals surface area contributed by atoms with Crippen LogP contribution in [0, 0.1) is 11.8 Å². The van der Waals surface area contributed by atoms with Gasteiger partial charge in [0.05, 0.1) is 0 Å². The summed E-state index contributed by atoms with van der Waals surface area (Å²) in [5.41, 5.74) is 0. The molecule has 6 N–H and O–H groups in total. The van der Waals surface area contributed by atoms with Gasteiger partial charge in [0.2, 0.25) is 17.7 Å². The Morgan fingerprint density at radius 3 is 1.43 bits per heavy atom. The average molecular weight is 668 g/mol. The fraction of sp³-hybridized carbons (Fsp3) is 0.829. The van der Waals surface area contributed by atoms with Crippen LogP contribution < -0.4 is 16.0 Å². The van der Waals surface area contributed by atoms with Gasteiger partial charge in [-0.25, -0.2) is 4.79 Å². The van der Waals surface area contributed by atoms with Crippen LogP contribution in [0.5, 0.6) is 0 Å². The third kappa shape index (κ3) is 23.7. The first kappa shape index (κ1) is 41.8. The fourth-order valence-corrected chi connectivity index (χ4v) is 6.10. The molecule has 12 heteroatoms. The van der Waals surface area contributed by atoms with Crippen molar-refractivity contribution < 1.29 is 44.1 Å². The molecule has 0 unspecified atom stereocenters. The molecule has 0 aromatic carbocycles. The number of aliphatic carboxylic acids is 3. The van der Waals surface area contributed by atoms with E-state index in [4.69, 9.17) is 10.2 Å². The topological polar surface area (TPSA) is 199 Å². The highest BCUT2D eigenvalue weighted by Crippen LogP contribution is 2.29. The van der Waals surface area contributed by atoms with E-state index in [0.29, 0.717) is 32.2 Å². The number of carboxylic acids is 3. The summed E-state index contributed by atoms with van der Waals surface area (Å²) in [6.07, 6.45) is 22.1. The fourth-order valence-electron chi connectivity index (χ4n) is 6.10. The van der Waals surface area contributed by atoms with E-state index in [1.54, 1.807) is 0 Å². The molecule has 0 bridgehead atoms. The Labute approximate surface area is 280 Å². The Kier molecular flexibility index (Phi) is 23.9. The minimum Gasteiger partial charge on any atom is -0.481 e. The number of carbonyl (C=O) groups is 6. The van der Waals surface area contributed by atoms with Gasteiger partial charge in [-0.3, -0.25) is 24.0 Å². The van der Waals surface area contributed by atoms with Gasteiger partial charge < -0.3 is 31.3 Å². The van der Waals surface area contributed by atoms with Gasteiger partial charge in [0.25, 0.3) is 0 Å². The van der Waals surface area contributed by atoms with Crippen molar-refractivity contribution in [1.29, 1.82) is 0 Å². The zero-order chi connectivity index (χ0) is 34.7. The molecule has 0 spiro atoms. The minimum atomic E-state index is -1.24. The standard InChI is InChI=1S/C35H61N3O9/c39-30(17-15-13-11-9-7-5-3-1-2-4-6-8-10-12-14-16-18-32(41)42)36-25-27-19-21-28(22-20-27)34(45)38-29(35(46)47)23-24-31(40)37-26-33(43)44/h27-29H,1-26H2,(H,36,39)(H,37,40)(H,38,45)(H,41,42)(H,43,44)(H,46,47)/t27-,28-,29-/m0/s1. The molecule has 0 heterocycles. The molecule has 1 atom stereocenters. The molecule has 1 aliphatic carbocycles.